The van der Waals surface area contributed by atoms with Gasteiger partial charge < -0.3 is 34.6 Å². The Kier molecular flexibility index (Phi) is 8.10. The number of aliphatic carboxylic acids is 1. The molecule has 3 amide bonds. The van der Waals surface area contributed by atoms with Crippen molar-refractivity contribution >= 4 is 35.7 Å². The number of benzene rings is 1. The molecule has 3 unspecified atom stereocenters. The number of carbonyl (C=O) groups is 4. The van der Waals surface area contributed by atoms with Crippen molar-refractivity contribution in [3.8, 4) is 5.88 Å². The van der Waals surface area contributed by atoms with E-state index in [-0.39, 0.29) is 61.7 Å². The highest BCUT2D eigenvalue weighted by Crippen LogP contribution is 2.33. The van der Waals surface area contributed by atoms with Gasteiger partial charge in [-0.25, -0.2) is 28.7 Å². The quantitative estimate of drug-likeness (QED) is 0.404. The summed E-state index contributed by atoms with van der Waals surface area (Å²) in [5, 5.41) is 21.5. The minimum absolute atomic E-state index is 0.0421. The number of hydrogen-bond acceptors (Lipinski definition) is 10. The first-order valence-corrected chi connectivity index (χ1v) is 13.7. The number of carboxylic acids is 1. The fourth-order valence-corrected chi connectivity index (χ4v) is 5.27. The standard InChI is InChI=1S/C28H32FN5O9/c1-28(2,3)43-26(39)33(11-14-6-15-8-16(22(36)25(37)38)9-19(29)18(15)7-14)5-4-17-12-34(27(40)42-17)20-10-30-24-23(31-20)32-21(35)13-41-24/h8-10,14,17,22,36H,4-7,11-13H2,1-3H3,(H,37,38)(H,31,32,35). The van der Waals surface area contributed by atoms with Crippen molar-refractivity contribution in [2.45, 2.75) is 57.8 Å². The van der Waals surface area contributed by atoms with E-state index in [4.69, 9.17) is 19.3 Å². The van der Waals surface area contributed by atoms with Gasteiger partial charge >= 0.3 is 18.2 Å². The lowest BCUT2D eigenvalue weighted by Crippen LogP contribution is -2.41. The van der Waals surface area contributed by atoms with E-state index in [2.05, 4.69) is 15.3 Å². The highest BCUT2D eigenvalue weighted by atomic mass is 19.1. The summed E-state index contributed by atoms with van der Waals surface area (Å²) in [5.41, 5.74) is 0.184. The minimum atomic E-state index is -1.84. The molecule has 2 aliphatic heterocycles. The van der Waals surface area contributed by atoms with Crippen LogP contribution in [0.15, 0.2) is 18.3 Å². The third kappa shape index (κ3) is 6.77. The van der Waals surface area contributed by atoms with Gasteiger partial charge in [0, 0.05) is 19.5 Å². The second kappa shape index (κ2) is 11.6. The molecule has 2 aromatic rings. The third-order valence-electron chi connectivity index (χ3n) is 7.19. The molecule has 14 nitrogen and oxygen atoms in total. The van der Waals surface area contributed by atoms with Crippen molar-refractivity contribution < 1.29 is 48.0 Å². The lowest BCUT2D eigenvalue weighted by molar-refractivity contribution is -0.147. The summed E-state index contributed by atoms with van der Waals surface area (Å²) in [6, 6.07) is 2.52. The van der Waals surface area contributed by atoms with Gasteiger partial charge in [0.25, 0.3) is 11.8 Å². The summed E-state index contributed by atoms with van der Waals surface area (Å²) in [4.78, 5) is 59.8. The van der Waals surface area contributed by atoms with Gasteiger partial charge in [0.1, 0.15) is 17.5 Å². The Balaban J connectivity index is 1.25. The predicted octanol–water partition coefficient (Wildman–Crippen LogP) is 2.43. The molecule has 1 aliphatic carbocycles. The summed E-state index contributed by atoms with van der Waals surface area (Å²) in [7, 11) is 0. The van der Waals surface area contributed by atoms with Crippen LogP contribution in [0.5, 0.6) is 5.88 Å². The second-order valence-corrected chi connectivity index (χ2v) is 11.7. The number of nitrogens with zero attached hydrogens (tertiary/aromatic N) is 4. The molecule has 0 radical (unpaired) electrons. The molecule has 3 heterocycles. The van der Waals surface area contributed by atoms with Gasteiger partial charge in [-0.15, -0.1) is 0 Å². The molecule has 1 aromatic heterocycles. The topological polar surface area (TPSA) is 181 Å². The number of hydrogen-bond donors (Lipinski definition) is 3. The van der Waals surface area contributed by atoms with Gasteiger partial charge in [-0.3, -0.25) is 9.69 Å². The molecule has 15 heteroatoms. The molecule has 5 rings (SSSR count). The van der Waals surface area contributed by atoms with Gasteiger partial charge in [-0.1, -0.05) is 6.07 Å². The molecule has 3 aliphatic rings. The monoisotopic (exact) mass is 601 g/mol. The Labute approximate surface area is 245 Å². The molecule has 0 bridgehead atoms. The molecular weight excluding hydrogens is 569 g/mol. The number of carboxylic acid groups (broad SMARTS) is 1. The van der Waals surface area contributed by atoms with Crippen molar-refractivity contribution in [2.24, 2.45) is 5.92 Å². The smallest absolute Gasteiger partial charge is 0.415 e. The zero-order chi connectivity index (χ0) is 31.1. The van der Waals surface area contributed by atoms with Crippen LogP contribution in [0.4, 0.5) is 25.6 Å². The van der Waals surface area contributed by atoms with Crippen LogP contribution >= 0.6 is 0 Å². The Morgan fingerprint density at radius 3 is 2.77 bits per heavy atom. The van der Waals surface area contributed by atoms with E-state index in [1.807, 2.05) is 0 Å². The average molecular weight is 602 g/mol. The zero-order valence-corrected chi connectivity index (χ0v) is 23.8. The third-order valence-corrected chi connectivity index (χ3v) is 7.19. The molecule has 3 atom stereocenters. The number of amides is 3. The SMILES string of the molecule is CC(C)(C)OC(=O)N(CCC1CN(c2cnc3c(n2)NC(=O)CO3)C(=O)O1)CC1Cc2cc(C(O)C(=O)O)cc(F)c2C1. The van der Waals surface area contributed by atoms with E-state index < -0.39 is 47.7 Å². The maximum atomic E-state index is 14.8. The lowest BCUT2D eigenvalue weighted by atomic mass is 10.0. The molecule has 0 spiro atoms. The number of ether oxygens (including phenoxy) is 3. The molecule has 230 valence electrons. The zero-order valence-electron chi connectivity index (χ0n) is 23.8. The Hall–Kier alpha value is -4.53. The van der Waals surface area contributed by atoms with Crippen LogP contribution < -0.4 is 15.0 Å². The van der Waals surface area contributed by atoms with Crippen LogP contribution in [-0.4, -0.2) is 87.1 Å². The average Bonchev–Trinajstić information content (AvgIpc) is 3.51. The Morgan fingerprint density at radius 1 is 1.28 bits per heavy atom. The summed E-state index contributed by atoms with van der Waals surface area (Å²) in [6.45, 7) is 5.53. The molecule has 0 saturated carbocycles. The van der Waals surface area contributed by atoms with Gasteiger partial charge in [-0.05, 0) is 62.3 Å². The van der Waals surface area contributed by atoms with Crippen molar-refractivity contribution in [1.29, 1.82) is 0 Å². The lowest BCUT2D eigenvalue weighted by Gasteiger charge is -2.29. The van der Waals surface area contributed by atoms with Crippen LogP contribution in [0.25, 0.3) is 0 Å². The van der Waals surface area contributed by atoms with Crippen molar-refractivity contribution in [1.82, 2.24) is 14.9 Å². The Morgan fingerprint density at radius 2 is 2.05 bits per heavy atom. The normalized spacial score (nSPS) is 20.0. The molecule has 1 aromatic carbocycles. The van der Waals surface area contributed by atoms with E-state index in [9.17, 15) is 28.7 Å². The number of nitrogens with one attached hydrogen (secondary N) is 1. The maximum absolute atomic E-state index is 14.8. The van der Waals surface area contributed by atoms with E-state index in [0.717, 1.165) is 6.07 Å². The molecular formula is C28H32FN5O9. The number of carbonyl (C=O) groups excluding carboxylic acids is 3. The van der Waals surface area contributed by atoms with E-state index in [1.165, 1.54) is 22.1 Å². The van der Waals surface area contributed by atoms with Crippen LogP contribution in [-0.2, 0) is 31.9 Å². The molecule has 1 fully saturated rings. The number of fused-ring (bicyclic) bond motifs is 2. The fourth-order valence-electron chi connectivity index (χ4n) is 5.27. The second-order valence-electron chi connectivity index (χ2n) is 11.7. The number of aliphatic hydroxyl groups excluding tert-OH is 1. The number of rotatable bonds is 8. The van der Waals surface area contributed by atoms with Gasteiger partial charge in [-0.2, -0.15) is 0 Å². The van der Waals surface area contributed by atoms with Crippen molar-refractivity contribution in [3.63, 3.8) is 0 Å². The first-order valence-electron chi connectivity index (χ1n) is 13.7. The summed E-state index contributed by atoms with van der Waals surface area (Å²) < 4.78 is 31.2. The fraction of sp³-hybridized carbons (Fsp3) is 0.500. The Bertz CT molecular complexity index is 1460. The highest BCUT2D eigenvalue weighted by Gasteiger charge is 2.36. The number of aromatic nitrogens is 2. The first kappa shape index (κ1) is 29.9. The van der Waals surface area contributed by atoms with Crippen LogP contribution in [0.3, 0.4) is 0 Å². The minimum Gasteiger partial charge on any atom is -0.479 e. The summed E-state index contributed by atoms with van der Waals surface area (Å²) in [5.74, 6) is -2.26. The molecule has 1 saturated heterocycles. The number of aliphatic hydroxyl groups is 1. The summed E-state index contributed by atoms with van der Waals surface area (Å²) >= 11 is 0. The highest BCUT2D eigenvalue weighted by molar-refractivity contribution is 5.94. The van der Waals surface area contributed by atoms with Gasteiger partial charge in [0.2, 0.25) is 0 Å². The largest absolute Gasteiger partial charge is 0.479 e. The van der Waals surface area contributed by atoms with E-state index in [0.29, 0.717) is 24.0 Å². The summed E-state index contributed by atoms with van der Waals surface area (Å²) in [6.07, 6.45) is -1.39. The van der Waals surface area contributed by atoms with Crippen molar-refractivity contribution in [3.05, 3.63) is 40.8 Å². The first-order chi connectivity index (χ1) is 20.3. The predicted molar refractivity (Wildman–Crippen MR) is 146 cm³/mol. The van der Waals surface area contributed by atoms with Gasteiger partial charge in [0.15, 0.2) is 24.3 Å². The number of cyclic esters (lactones) is 1. The molecule has 43 heavy (non-hydrogen) atoms. The van der Waals surface area contributed by atoms with Crippen molar-refractivity contribution in [2.75, 3.05) is 36.5 Å². The van der Waals surface area contributed by atoms with Crippen LogP contribution in [0, 0.1) is 11.7 Å². The van der Waals surface area contributed by atoms with E-state index in [1.54, 1.807) is 20.8 Å². The van der Waals surface area contributed by atoms with Gasteiger partial charge in [0.05, 0.1) is 12.7 Å². The van der Waals surface area contributed by atoms with Crippen LogP contribution in [0.2, 0.25) is 0 Å². The number of halogens is 1. The van der Waals surface area contributed by atoms with E-state index >= 15 is 0 Å². The van der Waals surface area contributed by atoms with Crippen LogP contribution in [0.1, 0.15) is 50.0 Å². The maximum Gasteiger partial charge on any atom is 0.415 e. The number of anilines is 2. The molecule has 3 N–H and O–H groups in total.